The van der Waals surface area contributed by atoms with E-state index in [1.165, 1.54) is 48.6 Å². The van der Waals surface area contributed by atoms with Gasteiger partial charge in [-0.25, -0.2) is 0 Å². The molecule has 2 aromatic rings. The van der Waals surface area contributed by atoms with E-state index in [-0.39, 0.29) is 0 Å². The number of pyridine rings is 1. The van der Waals surface area contributed by atoms with Crippen LogP contribution in [0.4, 0.5) is 0 Å². The fourth-order valence-corrected chi connectivity index (χ4v) is 2.55. The largest absolute Gasteiger partial charge is 0.260 e. The number of fused-ring (bicyclic) bond motifs is 1. The molecule has 18 heavy (non-hydrogen) atoms. The van der Waals surface area contributed by atoms with E-state index < -0.39 is 0 Å². The molecule has 1 heterocycles. The van der Waals surface area contributed by atoms with Crippen molar-refractivity contribution in [3.05, 3.63) is 42.2 Å². The topological polar surface area (TPSA) is 12.9 Å². The molecule has 0 fully saturated rings. The summed E-state index contributed by atoms with van der Waals surface area (Å²) in [5.41, 5.74) is 1.27. The van der Waals surface area contributed by atoms with Crippen molar-refractivity contribution < 1.29 is 0 Å². The Morgan fingerprint density at radius 1 is 1.06 bits per heavy atom. The average Bonchev–Trinajstić information content (AvgIpc) is 2.43. The van der Waals surface area contributed by atoms with Crippen molar-refractivity contribution >= 4 is 10.8 Å². The zero-order valence-electron chi connectivity index (χ0n) is 11.5. The van der Waals surface area contributed by atoms with Gasteiger partial charge in [0.25, 0.3) is 0 Å². The van der Waals surface area contributed by atoms with Gasteiger partial charge in [0.2, 0.25) is 0 Å². The molecule has 0 spiro atoms. The van der Waals surface area contributed by atoms with Gasteiger partial charge in [0.1, 0.15) is 0 Å². The van der Waals surface area contributed by atoms with Crippen molar-refractivity contribution in [2.24, 2.45) is 0 Å². The van der Waals surface area contributed by atoms with Crippen molar-refractivity contribution in [3.8, 4) is 0 Å². The highest BCUT2D eigenvalue weighted by Gasteiger charge is 2.10. The van der Waals surface area contributed by atoms with E-state index in [9.17, 15) is 0 Å². The average molecular weight is 241 g/mol. The molecule has 0 aliphatic rings. The predicted molar refractivity (Wildman–Crippen MR) is 78.9 cm³/mol. The Morgan fingerprint density at radius 2 is 1.89 bits per heavy atom. The van der Waals surface area contributed by atoms with Gasteiger partial charge in [0.05, 0.1) is 5.69 Å². The van der Waals surface area contributed by atoms with Crippen LogP contribution in [0.3, 0.4) is 0 Å². The first-order valence-corrected chi connectivity index (χ1v) is 7.16. The molecular weight excluding hydrogens is 218 g/mol. The first kappa shape index (κ1) is 13.1. The zero-order chi connectivity index (χ0) is 12.8. The standard InChI is InChI=1S/C17H23N/c1-3-4-5-6-9-14(2)17-16-11-8-7-10-15(16)12-13-18-17/h7-8,10-14H,3-6,9H2,1-2H3. The highest BCUT2D eigenvalue weighted by molar-refractivity contribution is 5.84. The van der Waals surface area contributed by atoms with E-state index in [2.05, 4.69) is 49.2 Å². The Kier molecular flexibility index (Phi) is 4.74. The van der Waals surface area contributed by atoms with Crippen LogP contribution in [0.25, 0.3) is 10.8 Å². The fourth-order valence-electron chi connectivity index (χ4n) is 2.55. The van der Waals surface area contributed by atoms with E-state index >= 15 is 0 Å². The van der Waals surface area contributed by atoms with Crippen molar-refractivity contribution in [2.75, 3.05) is 0 Å². The molecule has 0 aliphatic carbocycles. The smallest absolute Gasteiger partial charge is 0.0509 e. The van der Waals surface area contributed by atoms with Crippen LogP contribution < -0.4 is 0 Å². The zero-order valence-corrected chi connectivity index (χ0v) is 11.5. The van der Waals surface area contributed by atoms with Crippen LogP contribution in [0.1, 0.15) is 57.6 Å². The quantitative estimate of drug-likeness (QED) is 0.625. The number of nitrogens with zero attached hydrogens (tertiary/aromatic N) is 1. The van der Waals surface area contributed by atoms with Crippen LogP contribution in [-0.2, 0) is 0 Å². The maximum Gasteiger partial charge on any atom is 0.0509 e. The van der Waals surface area contributed by atoms with Gasteiger partial charge in [-0.1, -0.05) is 63.8 Å². The van der Waals surface area contributed by atoms with E-state index in [1.54, 1.807) is 0 Å². The van der Waals surface area contributed by atoms with Gasteiger partial charge in [-0.05, 0) is 23.8 Å². The minimum absolute atomic E-state index is 0.563. The Morgan fingerprint density at radius 3 is 2.72 bits per heavy atom. The summed E-state index contributed by atoms with van der Waals surface area (Å²) in [6.45, 7) is 4.57. The first-order valence-electron chi connectivity index (χ1n) is 7.16. The molecule has 1 aromatic carbocycles. The number of aromatic nitrogens is 1. The van der Waals surface area contributed by atoms with Crippen molar-refractivity contribution in [1.82, 2.24) is 4.98 Å². The monoisotopic (exact) mass is 241 g/mol. The predicted octanol–water partition coefficient (Wildman–Crippen LogP) is 5.31. The Balaban J connectivity index is 2.10. The van der Waals surface area contributed by atoms with Crippen molar-refractivity contribution in [3.63, 3.8) is 0 Å². The van der Waals surface area contributed by atoms with Crippen LogP contribution in [0, 0.1) is 0 Å². The second-order valence-electron chi connectivity index (χ2n) is 5.17. The molecule has 0 saturated heterocycles. The van der Waals surface area contributed by atoms with Crippen LogP contribution >= 0.6 is 0 Å². The van der Waals surface area contributed by atoms with Gasteiger partial charge >= 0.3 is 0 Å². The first-order chi connectivity index (χ1) is 8.83. The summed E-state index contributed by atoms with van der Waals surface area (Å²) < 4.78 is 0. The van der Waals surface area contributed by atoms with Crippen LogP contribution in [-0.4, -0.2) is 4.98 Å². The summed E-state index contributed by atoms with van der Waals surface area (Å²) in [4.78, 5) is 4.61. The lowest BCUT2D eigenvalue weighted by Gasteiger charge is -2.13. The molecule has 1 heteroatoms. The summed E-state index contributed by atoms with van der Waals surface area (Å²) in [5, 5.41) is 2.63. The van der Waals surface area contributed by atoms with E-state index in [0.717, 1.165) is 0 Å². The van der Waals surface area contributed by atoms with Gasteiger partial charge in [-0.2, -0.15) is 0 Å². The Hall–Kier alpha value is -1.37. The molecule has 0 bridgehead atoms. The molecule has 0 N–H and O–H groups in total. The summed E-state index contributed by atoms with van der Waals surface area (Å²) >= 11 is 0. The van der Waals surface area contributed by atoms with Gasteiger partial charge in [0, 0.05) is 11.6 Å². The third kappa shape index (κ3) is 3.10. The number of rotatable bonds is 6. The van der Waals surface area contributed by atoms with Gasteiger partial charge in [-0.15, -0.1) is 0 Å². The minimum atomic E-state index is 0.563. The van der Waals surface area contributed by atoms with E-state index in [4.69, 9.17) is 0 Å². The molecule has 0 radical (unpaired) electrons. The fraction of sp³-hybridized carbons (Fsp3) is 0.471. The highest BCUT2D eigenvalue weighted by atomic mass is 14.7. The van der Waals surface area contributed by atoms with Crippen LogP contribution in [0.5, 0.6) is 0 Å². The summed E-state index contributed by atoms with van der Waals surface area (Å²) in [6, 6.07) is 10.7. The van der Waals surface area contributed by atoms with Crippen LogP contribution in [0.15, 0.2) is 36.5 Å². The normalized spacial score (nSPS) is 12.8. The molecule has 0 aliphatic heterocycles. The molecule has 0 amide bonds. The molecule has 96 valence electrons. The maximum absolute atomic E-state index is 4.61. The molecule has 1 unspecified atom stereocenters. The second kappa shape index (κ2) is 6.53. The third-order valence-corrected chi connectivity index (χ3v) is 3.66. The SMILES string of the molecule is CCCCCCC(C)c1nccc2ccccc12. The lowest BCUT2D eigenvalue weighted by Crippen LogP contribution is -1.98. The van der Waals surface area contributed by atoms with Crippen LogP contribution in [0.2, 0.25) is 0 Å². The highest BCUT2D eigenvalue weighted by Crippen LogP contribution is 2.27. The lowest BCUT2D eigenvalue weighted by atomic mass is 9.95. The maximum atomic E-state index is 4.61. The number of hydrogen-bond acceptors (Lipinski definition) is 1. The van der Waals surface area contributed by atoms with Crippen molar-refractivity contribution in [1.29, 1.82) is 0 Å². The molecule has 0 saturated carbocycles. The molecule has 1 aromatic heterocycles. The second-order valence-corrected chi connectivity index (χ2v) is 5.17. The molecular formula is C17H23N. The van der Waals surface area contributed by atoms with Gasteiger partial charge in [0.15, 0.2) is 0 Å². The summed E-state index contributed by atoms with van der Waals surface area (Å²) in [5.74, 6) is 0.563. The van der Waals surface area contributed by atoms with Gasteiger partial charge in [-0.3, -0.25) is 4.98 Å². The summed E-state index contributed by atoms with van der Waals surface area (Å²) in [7, 11) is 0. The van der Waals surface area contributed by atoms with E-state index in [1.807, 2.05) is 6.20 Å². The molecule has 2 rings (SSSR count). The third-order valence-electron chi connectivity index (χ3n) is 3.66. The summed E-state index contributed by atoms with van der Waals surface area (Å²) in [6.07, 6.45) is 8.53. The molecule has 1 nitrogen and oxygen atoms in total. The number of unbranched alkanes of at least 4 members (excludes halogenated alkanes) is 3. The number of benzene rings is 1. The van der Waals surface area contributed by atoms with Crippen molar-refractivity contribution in [2.45, 2.75) is 51.9 Å². The Labute approximate surface area is 110 Å². The lowest BCUT2D eigenvalue weighted by molar-refractivity contribution is 0.574. The van der Waals surface area contributed by atoms with E-state index in [0.29, 0.717) is 5.92 Å². The molecule has 1 atom stereocenters. The minimum Gasteiger partial charge on any atom is -0.260 e. The Bertz CT molecular complexity index is 484. The van der Waals surface area contributed by atoms with Gasteiger partial charge < -0.3 is 0 Å². The number of hydrogen-bond donors (Lipinski definition) is 0.